The summed E-state index contributed by atoms with van der Waals surface area (Å²) in [5.41, 5.74) is 0. The van der Waals surface area contributed by atoms with E-state index in [1.807, 2.05) is 0 Å². The van der Waals surface area contributed by atoms with Crippen LogP contribution in [-0.4, -0.2) is 13.2 Å². The number of hydrogen-bond donors (Lipinski definition) is 0. The van der Waals surface area contributed by atoms with Crippen LogP contribution in [0, 0.1) is 40.8 Å². The van der Waals surface area contributed by atoms with Gasteiger partial charge in [-0.15, -0.1) is 13.2 Å². The van der Waals surface area contributed by atoms with E-state index < -0.39 is 8.60 Å². The average Bonchev–Trinajstić information content (AvgIpc) is 1.97. The Kier molecular flexibility index (Phi) is 23.7. The number of hydrogen-bond acceptors (Lipinski definition) is 3. The van der Waals surface area contributed by atoms with Crippen LogP contribution in [0.3, 0.4) is 0 Å². The van der Waals surface area contributed by atoms with Crippen molar-refractivity contribution in [2.45, 2.75) is 0 Å². The van der Waals surface area contributed by atoms with Crippen molar-refractivity contribution in [3.8, 4) is 0 Å². The molecule has 0 saturated carbocycles. The zero-order valence-corrected chi connectivity index (χ0v) is 11.4. The molecule has 0 spiro atoms. The molecule has 6 heteroatoms. The van der Waals surface area contributed by atoms with Crippen LogP contribution in [0.4, 0.5) is 0 Å². The topological polar surface area (TPSA) is 41.5 Å². The van der Waals surface area contributed by atoms with E-state index in [-0.39, 0.29) is 66.5 Å². The maximum Gasteiger partial charge on any atom is 2.00 e. The summed E-state index contributed by atoms with van der Waals surface area (Å²) in [6, 6.07) is 0. The molecule has 0 amide bonds. The molecular formula is C6H10ClNdO3P. The Balaban J connectivity index is -0.000000405. The molecule has 0 aromatic heterocycles. The monoisotopic (exact) mass is 338 g/mol. The number of halogens is 1. The van der Waals surface area contributed by atoms with Crippen LogP contribution in [0.15, 0.2) is 25.3 Å². The van der Waals surface area contributed by atoms with Crippen LogP contribution in [0.25, 0.3) is 0 Å². The largest absolute Gasteiger partial charge is 2.00 e. The molecule has 0 aromatic rings. The van der Waals surface area contributed by atoms with Crippen LogP contribution >= 0.6 is 8.60 Å². The van der Waals surface area contributed by atoms with Crippen molar-refractivity contribution in [1.29, 1.82) is 0 Å². The fourth-order valence-electron chi connectivity index (χ4n) is 0.264. The van der Waals surface area contributed by atoms with Gasteiger partial charge in [0.25, 0.3) is 0 Å². The summed E-state index contributed by atoms with van der Waals surface area (Å²) in [6.45, 7) is 7.25. The summed E-state index contributed by atoms with van der Waals surface area (Å²) in [5.74, 6) is 0. The normalized spacial score (nSPS) is 8.17. The van der Waals surface area contributed by atoms with Crippen LogP contribution in [-0.2, 0) is 9.05 Å². The van der Waals surface area contributed by atoms with Crippen molar-refractivity contribution in [1.82, 2.24) is 0 Å². The van der Waals surface area contributed by atoms with Crippen LogP contribution in [0.1, 0.15) is 0 Å². The predicted molar refractivity (Wildman–Crippen MR) is 39.2 cm³/mol. The van der Waals surface area contributed by atoms with Gasteiger partial charge in [0.2, 0.25) is 0 Å². The second-order valence-electron chi connectivity index (χ2n) is 1.39. The van der Waals surface area contributed by atoms with E-state index in [4.69, 9.17) is 0 Å². The van der Waals surface area contributed by atoms with Crippen molar-refractivity contribution >= 4 is 8.60 Å². The van der Waals surface area contributed by atoms with E-state index in [2.05, 4.69) is 22.2 Å². The molecular weight excluding hydrogens is 331 g/mol. The zero-order chi connectivity index (χ0) is 7.82. The fraction of sp³-hybridized carbons (Fsp3) is 0.333. The first-order valence-electron chi connectivity index (χ1n) is 2.76. The van der Waals surface area contributed by atoms with Gasteiger partial charge < -0.3 is 26.3 Å². The zero-order valence-electron chi connectivity index (χ0n) is 6.53. The minimum atomic E-state index is -1.98. The summed E-state index contributed by atoms with van der Waals surface area (Å²) in [7, 11) is -1.98. The maximum atomic E-state index is 10.6. The fourth-order valence-corrected chi connectivity index (χ4v) is 0.793. The van der Waals surface area contributed by atoms with E-state index in [9.17, 15) is 4.89 Å². The smallest absolute Gasteiger partial charge is 1.00 e. The van der Waals surface area contributed by atoms with Gasteiger partial charge in [0.05, 0.1) is 21.8 Å². The SMILES string of the molecule is C=CCOP([O-])OCC=C.[Cl-].[Nd+2]. The molecule has 0 aliphatic carbocycles. The molecule has 0 heterocycles. The molecule has 3 nitrogen and oxygen atoms in total. The Labute approximate surface area is 113 Å². The quantitative estimate of drug-likeness (QED) is 0.414. The first kappa shape index (κ1) is 19.1. The van der Waals surface area contributed by atoms with Gasteiger partial charge in [0.1, 0.15) is 0 Å². The predicted octanol–water partition coefficient (Wildman–Crippen LogP) is -2.02. The molecule has 0 aliphatic rings. The third-order valence-corrected chi connectivity index (χ3v) is 1.32. The molecule has 0 rings (SSSR count). The van der Waals surface area contributed by atoms with Crippen LogP contribution in [0.2, 0.25) is 0 Å². The van der Waals surface area contributed by atoms with Gasteiger partial charge >= 0.3 is 40.8 Å². The molecule has 68 valence electrons. The molecule has 0 atom stereocenters. The Morgan fingerprint density at radius 2 is 1.50 bits per heavy atom. The third kappa shape index (κ3) is 14.0. The van der Waals surface area contributed by atoms with E-state index in [0.717, 1.165) is 0 Å². The van der Waals surface area contributed by atoms with Gasteiger partial charge in [-0.3, -0.25) is 0 Å². The third-order valence-electron chi connectivity index (χ3n) is 0.596. The summed E-state index contributed by atoms with van der Waals surface area (Å²) in [6.07, 6.45) is 3.01. The number of rotatable bonds is 6. The van der Waals surface area contributed by atoms with E-state index in [1.54, 1.807) is 0 Å². The van der Waals surface area contributed by atoms with Crippen molar-refractivity contribution in [3.05, 3.63) is 25.3 Å². The van der Waals surface area contributed by atoms with E-state index >= 15 is 0 Å². The van der Waals surface area contributed by atoms with Gasteiger partial charge in [-0.05, 0) is 0 Å². The first-order chi connectivity index (χ1) is 4.81. The Bertz CT molecular complexity index is 103. The van der Waals surface area contributed by atoms with E-state index in [0.29, 0.717) is 0 Å². The molecule has 0 fully saturated rings. The Morgan fingerprint density at radius 1 is 1.17 bits per heavy atom. The first-order valence-corrected chi connectivity index (χ1v) is 3.85. The summed E-state index contributed by atoms with van der Waals surface area (Å²) in [5, 5.41) is 0. The van der Waals surface area contributed by atoms with Crippen molar-refractivity contribution < 1.29 is 67.2 Å². The van der Waals surface area contributed by atoms with Gasteiger partial charge in [-0.25, -0.2) is 0 Å². The van der Waals surface area contributed by atoms with Crippen LogP contribution in [0.5, 0.6) is 0 Å². The molecule has 0 unspecified atom stereocenters. The molecule has 12 heavy (non-hydrogen) atoms. The standard InChI is InChI=1S/C6H10O3P.ClH.Nd/c1-3-5-8-10(7)9-6-4-2;;/h3-4H,1-2,5-6H2;1H;/q-1;;+2/p-1. The summed E-state index contributed by atoms with van der Waals surface area (Å²) in [4.78, 5) is 10.6. The van der Waals surface area contributed by atoms with Crippen molar-refractivity contribution in [3.63, 3.8) is 0 Å². The van der Waals surface area contributed by atoms with Gasteiger partial charge in [-0.1, -0.05) is 12.2 Å². The summed E-state index contributed by atoms with van der Waals surface area (Å²) >= 11 is 0. The molecule has 0 radical (unpaired) electrons. The van der Waals surface area contributed by atoms with Crippen molar-refractivity contribution in [2.75, 3.05) is 13.2 Å². The molecule has 0 aromatic carbocycles. The van der Waals surface area contributed by atoms with Gasteiger partial charge in [-0.2, -0.15) is 0 Å². The van der Waals surface area contributed by atoms with Gasteiger partial charge in [0.15, 0.2) is 0 Å². The van der Waals surface area contributed by atoms with Crippen molar-refractivity contribution in [2.24, 2.45) is 0 Å². The molecule has 0 N–H and O–H groups in total. The second-order valence-corrected chi connectivity index (χ2v) is 2.36. The molecule has 0 aliphatic heterocycles. The minimum Gasteiger partial charge on any atom is -1.00 e. The molecule has 0 saturated heterocycles. The maximum absolute atomic E-state index is 10.6. The van der Waals surface area contributed by atoms with Crippen LogP contribution < -0.4 is 17.3 Å². The van der Waals surface area contributed by atoms with E-state index in [1.165, 1.54) is 12.2 Å². The second kappa shape index (κ2) is 14.9. The minimum absolute atomic E-state index is 0. The molecule has 0 bridgehead atoms. The Morgan fingerprint density at radius 3 is 1.75 bits per heavy atom. The Hall–Kier alpha value is 1.43. The summed E-state index contributed by atoms with van der Waals surface area (Å²) < 4.78 is 9.23. The average molecular weight is 341 g/mol. The van der Waals surface area contributed by atoms with Gasteiger partial charge in [0, 0.05) is 0 Å².